The van der Waals surface area contributed by atoms with Crippen molar-refractivity contribution >= 4 is 0 Å². The van der Waals surface area contributed by atoms with Crippen molar-refractivity contribution in [3.63, 3.8) is 0 Å². The molecule has 5 heteroatoms. The Bertz CT molecular complexity index is 211. The van der Waals surface area contributed by atoms with Crippen LogP contribution in [-0.2, 0) is 0 Å². The lowest BCUT2D eigenvalue weighted by Gasteiger charge is -2.28. The number of aliphatic hydroxyl groups is 4. The maximum Gasteiger partial charge on any atom is 0.0991 e. The minimum Gasteiger partial charge on any atom is -0.395 e. The first-order valence-electron chi connectivity index (χ1n) is 5.06. The maximum atomic E-state index is 9.70. The van der Waals surface area contributed by atoms with Crippen LogP contribution in [0.15, 0.2) is 0 Å². The molecular formula is C9H17NO4. The topological polar surface area (TPSA) is 84.2 Å². The number of rotatable bonds is 2. The lowest BCUT2D eigenvalue weighted by atomic mass is 10.0. The average Bonchev–Trinajstić information content (AvgIpc) is 2.69. The predicted octanol–water partition coefficient (Wildman–Crippen LogP) is -2.09. The summed E-state index contributed by atoms with van der Waals surface area (Å²) in [4.78, 5) is 1.87. The highest BCUT2D eigenvalue weighted by Gasteiger charge is 2.52. The first kappa shape index (κ1) is 10.3. The van der Waals surface area contributed by atoms with E-state index >= 15 is 0 Å². The second-order valence-electron chi connectivity index (χ2n) is 4.16. The quantitative estimate of drug-likeness (QED) is 0.413. The summed E-state index contributed by atoms with van der Waals surface area (Å²) in [6, 6.07) is -0.544. The Labute approximate surface area is 82.6 Å². The minimum absolute atomic E-state index is 0.0203. The van der Waals surface area contributed by atoms with E-state index in [-0.39, 0.29) is 25.3 Å². The smallest absolute Gasteiger partial charge is 0.0991 e. The number of aliphatic hydroxyl groups excluding tert-OH is 4. The van der Waals surface area contributed by atoms with Crippen molar-refractivity contribution in [3.05, 3.63) is 0 Å². The third-order valence-corrected chi connectivity index (χ3v) is 3.52. The van der Waals surface area contributed by atoms with E-state index in [1.807, 2.05) is 4.90 Å². The molecule has 4 N–H and O–H groups in total. The maximum absolute atomic E-state index is 9.70. The zero-order valence-corrected chi connectivity index (χ0v) is 7.95. The number of fused-ring (bicyclic) bond motifs is 1. The van der Waals surface area contributed by atoms with Gasteiger partial charge in [-0.1, -0.05) is 0 Å². The Morgan fingerprint density at radius 2 is 1.71 bits per heavy atom. The molecule has 14 heavy (non-hydrogen) atoms. The van der Waals surface area contributed by atoms with Crippen molar-refractivity contribution in [3.8, 4) is 0 Å². The molecule has 2 heterocycles. The number of hydrogen-bond donors (Lipinski definition) is 4. The normalized spacial score (nSPS) is 48.4. The zero-order chi connectivity index (χ0) is 10.3. The molecule has 0 amide bonds. The summed E-state index contributed by atoms with van der Waals surface area (Å²) >= 11 is 0. The van der Waals surface area contributed by atoms with Crippen LogP contribution < -0.4 is 0 Å². The molecule has 0 aromatic carbocycles. The van der Waals surface area contributed by atoms with Crippen LogP contribution in [0.4, 0.5) is 0 Å². The van der Waals surface area contributed by atoms with Gasteiger partial charge in [0.1, 0.15) is 0 Å². The molecule has 2 aliphatic heterocycles. The van der Waals surface area contributed by atoms with Crippen LogP contribution in [0.3, 0.4) is 0 Å². The van der Waals surface area contributed by atoms with E-state index in [9.17, 15) is 10.2 Å². The molecule has 2 aliphatic rings. The Kier molecular flexibility index (Phi) is 2.77. The average molecular weight is 203 g/mol. The van der Waals surface area contributed by atoms with Crippen molar-refractivity contribution in [1.82, 2.24) is 4.90 Å². The van der Waals surface area contributed by atoms with E-state index in [4.69, 9.17) is 10.2 Å². The van der Waals surface area contributed by atoms with E-state index in [2.05, 4.69) is 0 Å². The molecule has 0 spiro atoms. The van der Waals surface area contributed by atoms with Gasteiger partial charge in [0.05, 0.1) is 31.5 Å². The Balaban J connectivity index is 2.18. The van der Waals surface area contributed by atoms with Crippen molar-refractivity contribution in [2.24, 2.45) is 0 Å². The van der Waals surface area contributed by atoms with Gasteiger partial charge in [0, 0.05) is 12.1 Å². The molecule has 5 nitrogen and oxygen atoms in total. The van der Waals surface area contributed by atoms with Crippen LogP contribution in [0, 0.1) is 0 Å². The van der Waals surface area contributed by atoms with E-state index in [1.54, 1.807) is 0 Å². The molecule has 0 saturated carbocycles. The first-order chi connectivity index (χ1) is 6.70. The second-order valence-corrected chi connectivity index (χ2v) is 4.16. The fraction of sp³-hybridized carbons (Fsp3) is 1.00. The van der Waals surface area contributed by atoms with Gasteiger partial charge < -0.3 is 20.4 Å². The molecule has 0 unspecified atom stereocenters. The number of nitrogens with zero attached hydrogens (tertiary/aromatic N) is 1. The highest BCUT2D eigenvalue weighted by Crippen LogP contribution is 2.36. The monoisotopic (exact) mass is 203 g/mol. The second kappa shape index (κ2) is 3.75. The number of hydrogen-bond acceptors (Lipinski definition) is 5. The van der Waals surface area contributed by atoms with Gasteiger partial charge in [-0.25, -0.2) is 0 Å². The van der Waals surface area contributed by atoms with Gasteiger partial charge in [-0.2, -0.15) is 0 Å². The molecule has 2 fully saturated rings. The van der Waals surface area contributed by atoms with Crippen LogP contribution >= 0.6 is 0 Å². The third kappa shape index (κ3) is 1.28. The standard InChI is InChI=1S/C9H17NO4/c11-3-5-1-2-6-8(13)9(14)7(4-12)10(5)6/h5-9,11-14H,1-4H2/t5-,6-,7-,8+,9-/m0/s1. The molecule has 0 radical (unpaired) electrons. The predicted molar refractivity (Wildman–Crippen MR) is 48.6 cm³/mol. The van der Waals surface area contributed by atoms with Crippen LogP contribution in [0.2, 0.25) is 0 Å². The lowest BCUT2D eigenvalue weighted by molar-refractivity contribution is 0.00990. The zero-order valence-electron chi connectivity index (χ0n) is 7.95. The molecule has 2 rings (SSSR count). The van der Waals surface area contributed by atoms with Gasteiger partial charge in [-0.15, -0.1) is 0 Å². The van der Waals surface area contributed by atoms with Crippen molar-refractivity contribution in [2.45, 2.75) is 43.2 Å². The largest absolute Gasteiger partial charge is 0.395 e. The summed E-state index contributed by atoms with van der Waals surface area (Å²) in [6.45, 7) is -0.155. The Hall–Kier alpha value is -0.200. The summed E-state index contributed by atoms with van der Waals surface area (Å²) in [7, 11) is 0. The van der Waals surface area contributed by atoms with Crippen LogP contribution in [0.25, 0.3) is 0 Å². The lowest BCUT2D eigenvalue weighted by Crippen LogP contribution is -2.45. The van der Waals surface area contributed by atoms with Gasteiger partial charge in [0.15, 0.2) is 0 Å². The van der Waals surface area contributed by atoms with E-state index in [0.29, 0.717) is 0 Å². The van der Waals surface area contributed by atoms with Crippen molar-refractivity contribution in [2.75, 3.05) is 13.2 Å². The van der Waals surface area contributed by atoms with Gasteiger partial charge >= 0.3 is 0 Å². The van der Waals surface area contributed by atoms with E-state index in [0.717, 1.165) is 12.8 Å². The third-order valence-electron chi connectivity index (χ3n) is 3.52. The fourth-order valence-electron chi connectivity index (χ4n) is 2.82. The highest BCUT2D eigenvalue weighted by molar-refractivity contribution is 5.06. The van der Waals surface area contributed by atoms with Crippen LogP contribution in [-0.4, -0.2) is 68.9 Å². The molecular weight excluding hydrogens is 186 g/mol. The minimum atomic E-state index is -0.889. The highest BCUT2D eigenvalue weighted by atomic mass is 16.3. The molecule has 0 bridgehead atoms. The first-order valence-corrected chi connectivity index (χ1v) is 5.06. The van der Waals surface area contributed by atoms with Gasteiger partial charge in [0.2, 0.25) is 0 Å². The summed E-state index contributed by atoms with van der Waals surface area (Å²) in [5.74, 6) is 0. The summed E-state index contributed by atoms with van der Waals surface area (Å²) < 4.78 is 0. The molecule has 82 valence electrons. The summed E-state index contributed by atoms with van der Waals surface area (Å²) in [5.41, 5.74) is 0. The van der Waals surface area contributed by atoms with Gasteiger partial charge in [-0.05, 0) is 12.8 Å². The SMILES string of the molecule is OC[C@@H]1CC[C@H]2[C@@H](O)[C@@H](O)[C@H](CO)N12. The van der Waals surface area contributed by atoms with Crippen molar-refractivity contribution < 1.29 is 20.4 Å². The Morgan fingerprint density at radius 1 is 1.00 bits per heavy atom. The van der Waals surface area contributed by atoms with E-state index < -0.39 is 18.2 Å². The molecule has 5 atom stereocenters. The Morgan fingerprint density at radius 3 is 2.29 bits per heavy atom. The molecule has 0 aromatic rings. The molecule has 0 aliphatic carbocycles. The molecule has 2 saturated heterocycles. The van der Waals surface area contributed by atoms with Gasteiger partial charge in [-0.3, -0.25) is 4.90 Å². The summed E-state index contributed by atoms with van der Waals surface area (Å²) in [5, 5.41) is 37.6. The van der Waals surface area contributed by atoms with Crippen molar-refractivity contribution in [1.29, 1.82) is 0 Å². The van der Waals surface area contributed by atoms with Crippen LogP contribution in [0.1, 0.15) is 12.8 Å². The van der Waals surface area contributed by atoms with E-state index in [1.165, 1.54) is 0 Å². The van der Waals surface area contributed by atoms with Crippen LogP contribution in [0.5, 0.6) is 0 Å². The van der Waals surface area contributed by atoms with Gasteiger partial charge in [0.25, 0.3) is 0 Å². The fourth-order valence-corrected chi connectivity index (χ4v) is 2.82. The molecule has 0 aromatic heterocycles. The summed E-state index contributed by atoms with van der Waals surface area (Å²) in [6.07, 6.45) is -0.0791.